The smallest absolute Gasteiger partial charge is 0.222 e. The number of hydrogen-bond donors (Lipinski definition) is 0. The number of nitrogens with zero attached hydrogens (tertiary/aromatic N) is 2. The molecule has 1 saturated heterocycles. The summed E-state index contributed by atoms with van der Waals surface area (Å²) in [7, 11) is 0. The lowest BCUT2D eigenvalue weighted by Gasteiger charge is -2.29. The summed E-state index contributed by atoms with van der Waals surface area (Å²) in [6.07, 6.45) is 1.14. The van der Waals surface area contributed by atoms with Crippen LogP contribution >= 0.6 is 15.9 Å². The molecule has 0 bridgehead atoms. The van der Waals surface area contributed by atoms with Crippen molar-refractivity contribution in [2.24, 2.45) is 5.92 Å². The molecule has 1 aromatic carbocycles. The fourth-order valence-corrected chi connectivity index (χ4v) is 2.46. The Morgan fingerprint density at radius 3 is 3.00 bits per heavy atom. The Balaban J connectivity index is 1.84. The van der Waals surface area contributed by atoms with Gasteiger partial charge in [0.15, 0.2) is 0 Å². The number of hydrogen-bond acceptors (Lipinski definition) is 3. The maximum Gasteiger partial charge on any atom is 0.222 e. The number of carbonyl (C=O) groups is 1. The van der Waals surface area contributed by atoms with E-state index in [4.69, 9.17) is 10.00 Å². The lowest BCUT2D eigenvalue weighted by molar-refractivity contribution is -0.134. The summed E-state index contributed by atoms with van der Waals surface area (Å²) in [6.45, 7) is 1.49. The number of carbonyl (C=O) groups excluding carboxylic acids is 1. The van der Waals surface area contributed by atoms with Crippen molar-refractivity contribution in [2.75, 3.05) is 19.7 Å². The van der Waals surface area contributed by atoms with E-state index in [1.54, 1.807) is 4.90 Å². The lowest BCUT2D eigenvalue weighted by Crippen LogP contribution is -2.41. The van der Waals surface area contributed by atoms with Crippen LogP contribution in [0.15, 0.2) is 28.7 Å². The van der Waals surface area contributed by atoms with E-state index in [2.05, 4.69) is 22.0 Å². The number of amides is 1. The molecule has 5 heteroatoms. The lowest BCUT2D eigenvalue weighted by atomic mass is 9.99. The van der Waals surface area contributed by atoms with E-state index in [1.165, 1.54) is 0 Å². The molecule has 2 rings (SSSR count). The Bertz CT molecular complexity index is 498. The molecule has 1 heterocycles. The van der Waals surface area contributed by atoms with E-state index in [-0.39, 0.29) is 11.8 Å². The van der Waals surface area contributed by atoms with Gasteiger partial charge in [-0.25, -0.2) is 0 Å². The van der Waals surface area contributed by atoms with Gasteiger partial charge >= 0.3 is 0 Å². The third-order valence-electron chi connectivity index (χ3n) is 3.14. The maximum absolute atomic E-state index is 11.7. The fraction of sp³-hybridized carbons (Fsp3) is 0.429. The molecular formula is C14H15BrN2O2. The van der Waals surface area contributed by atoms with Crippen LogP contribution in [0.5, 0.6) is 5.75 Å². The van der Waals surface area contributed by atoms with Crippen molar-refractivity contribution in [3.63, 3.8) is 0 Å². The topological polar surface area (TPSA) is 53.3 Å². The summed E-state index contributed by atoms with van der Waals surface area (Å²) < 4.78 is 6.53. The summed E-state index contributed by atoms with van der Waals surface area (Å²) in [5.41, 5.74) is 0. The average Bonchev–Trinajstić information content (AvgIpc) is 2.43. The highest BCUT2D eigenvalue weighted by molar-refractivity contribution is 9.10. The zero-order valence-corrected chi connectivity index (χ0v) is 12.1. The van der Waals surface area contributed by atoms with Crippen LogP contribution in [0, 0.1) is 17.2 Å². The van der Waals surface area contributed by atoms with Gasteiger partial charge in [-0.05, 0) is 34.5 Å². The van der Waals surface area contributed by atoms with Crippen molar-refractivity contribution >= 4 is 21.8 Å². The molecule has 1 aromatic rings. The highest BCUT2D eigenvalue weighted by Crippen LogP contribution is 2.24. The van der Waals surface area contributed by atoms with Crippen LogP contribution in [0.2, 0.25) is 0 Å². The summed E-state index contributed by atoms with van der Waals surface area (Å²) >= 11 is 3.41. The van der Waals surface area contributed by atoms with Crippen molar-refractivity contribution in [1.29, 1.82) is 5.26 Å². The molecule has 4 nitrogen and oxygen atoms in total. The zero-order valence-electron chi connectivity index (χ0n) is 10.5. The molecule has 0 spiro atoms. The third kappa shape index (κ3) is 3.71. The van der Waals surface area contributed by atoms with Crippen LogP contribution < -0.4 is 4.74 Å². The molecule has 0 radical (unpaired) electrons. The Labute approximate surface area is 121 Å². The number of piperidine rings is 1. The maximum atomic E-state index is 11.7. The van der Waals surface area contributed by atoms with Crippen molar-refractivity contribution in [1.82, 2.24) is 4.90 Å². The van der Waals surface area contributed by atoms with Crippen LogP contribution in [0.4, 0.5) is 0 Å². The molecule has 1 amide bonds. The van der Waals surface area contributed by atoms with Crippen LogP contribution in [-0.4, -0.2) is 30.5 Å². The summed E-state index contributed by atoms with van der Waals surface area (Å²) in [6, 6.07) is 9.83. The first kappa shape index (κ1) is 13.9. The third-order valence-corrected chi connectivity index (χ3v) is 3.79. The van der Waals surface area contributed by atoms with Gasteiger partial charge in [0.2, 0.25) is 5.91 Å². The predicted octanol–water partition coefficient (Wildman–Crippen LogP) is 2.59. The minimum Gasteiger partial charge on any atom is -0.491 e. The Morgan fingerprint density at radius 1 is 1.47 bits per heavy atom. The Kier molecular flexibility index (Phi) is 4.80. The Hall–Kier alpha value is -1.54. The molecule has 1 aliphatic rings. The van der Waals surface area contributed by atoms with Gasteiger partial charge in [0, 0.05) is 13.0 Å². The molecular weight excluding hydrogens is 308 g/mol. The predicted molar refractivity (Wildman–Crippen MR) is 74.6 cm³/mol. The van der Waals surface area contributed by atoms with Crippen LogP contribution in [-0.2, 0) is 4.79 Å². The molecule has 1 atom stereocenters. The highest BCUT2D eigenvalue weighted by atomic mass is 79.9. The standard InChI is InChI=1S/C14H15BrN2O2/c15-12-3-1-2-4-13(12)19-8-7-17-10-11(9-16)5-6-14(17)18/h1-4,11H,5-8,10H2. The molecule has 19 heavy (non-hydrogen) atoms. The minimum atomic E-state index is -0.0406. The van der Waals surface area contributed by atoms with Crippen molar-refractivity contribution in [3.8, 4) is 11.8 Å². The number of nitriles is 1. The van der Waals surface area contributed by atoms with Gasteiger partial charge in [-0.2, -0.15) is 5.26 Å². The van der Waals surface area contributed by atoms with Crippen molar-refractivity contribution < 1.29 is 9.53 Å². The molecule has 100 valence electrons. The highest BCUT2D eigenvalue weighted by Gasteiger charge is 2.25. The number of rotatable bonds is 4. The summed E-state index contributed by atoms with van der Waals surface area (Å²) in [5.74, 6) is 0.840. The van der Waals surface area contributed by atoms with Gasteiger partial charge in [-0.3, -0.25) is 4.79 Å². The van der Waals surface area contributed by atoms with Crippen LogP contribution in [0.3, 0.4) is 0 Å². The van der Waals surface area contributed by atoms with Gasteiger partial charge in [-0.15, -0.1) is 0 Å². The SMILES string of the molecule is N#CC1CCC(=O)N(CCOc2ccccc2Br)C1. The second-order valence-corrected chi connectivity index (χ2v) is 5.34. The monoisotopic (exact) mass is 322 g/mol. The van der Waals surface area contributed by atoms with Crippen molar-refractivity contribution in [3.05, 3.63) is 28.7 Å². The molecule has 0 saturated carbocycles. The zero-order chi connectivity index (χ0) is 13.7. The van der Waals surface area contributed by atoms with E-state index in [0.29, 0.717) is 32.5 Å². The summed E-state index contributed by atoms with van der Waals surface area (Å²) in [5, 5.41) is 8.91. The second kappa shape index (κ2) is 6.58. The largest absolute Gasteiger partial charge is 0.491 e. The van der Waals surface area contributed by atoms with Gasteiger partial charge in [0.25, 0.3) is 0 Å². The minimum absolute atomic E-state index is 0.0406. The number of benzene rings is 1. The summed E-state index contributed by atoms with van der Waals surface area (Å²) in [4.78, 5) is 13.4. The van der Waals surface area contributed by atoms with Gasteiger partial charge in [0.1, 0.15) is 12.4 Å². The van der Waals surface area contributed by atoms with E-state index < -0.39 is 0 Å². The van der Waals surface area contributed by atoms with Gasteiger partial charge in [0.05, 0.1) is 23.0 Å². The molecule has 1 fully saturated rings. The van der Waals surface area contributed by atoms with E-state index in [0.717, 1.165) is 10.2 Å². The van der Waals surface area contributed by atoms with Gasteiger partial charge < -0.3 is 9.64 Å². The second-order valence-electron chi connectivity index (χ2n) is 4.48. The first-order valence-electron chi connectivity index (χ1n) is 6.25. The quantitative estimate of drug-likeness (QED) is 0.856. The van der Waals surface area contributed by atoms with Crippen LogP contribution in [0.1, 0.15) is 12.8 Å². The number of likely N-dealkylation sites (tertiary alicyclic amines) is 1. The fourth-order valence-electron chi connectivity index (χ4n) is 2.06. The molecule has 1 unspecified atom stereocenters. The number of halogens is 1. The molecule has 0 N–H and O–H groups in total. The van der Waals surface area contributed by atoms with E-state index >= 15 is 0 Å². The number of para-hydroxylation sites is 1. The van der Waals surface area contributed by atoms with E-state index in [9.17, 15) is 4.79 Å². The molecule has 0 aliphatic carbocycles. The normalized spacial score (nSPS) is 19.1. The van der Waals surface area contributed by atoms with Gasteiger partial charge in [-0.1, -0.05) is 12.1 Å². The van der Waals surface area contributed by atoms with Crippen LogP contribution in [0.25, 0.3) is 0 Å². The Morgan fingerprint density at radius 2 is 2.26 bits per heavy atom. The molecule has 1 aliphatic heterocycles. The van der Waals surface area contributed by atoms with E-state index in [1.807, 2.05) is 24.3 Å². The van der Waals surface area contributed by atoms with Crippen molar-refractivity contribution in [2.45, 2.75) is 12.8 Å². The first-order valence-corrected chi connectivity index (χ1v) is 7.04. The number of ether oxygens (including phenoxy) is 1. The average molecular weight is 323 g/mol. The molecule has 0 aromatic heterocycles. The first-order chi connectivity index (χ1) is 9.20.